The Morgan fingerprint density at radius 1 is 1.52 bits per heavy atom. The molecular weight excluding hydrogens is 609 g/mol. The summed E-state index contributed by atoms with van der Waals surface area (Å²) >= 11 is 11.2. The van der Waals surface area contributed by atoms with E-state index in [1.165, 1.54) is 0 Å². The zero-order valence-electron chi connectivity index (χ0n) is 16.8. The van der Waals surface area contributed by atoms with Gasteiger partial charge in [0.15, 0.2) is 5.82 Å². The first-order chi connectivity index (χ1) is 14.3. The number of halogens is 4. The summed E-state index contributed by atoms with van der Waals surface area (Å²) in [6, 6.07) is 1.60. The van der Waals surface area contributed by atoms with Crippen molar-refractivity contribution in [2.75, 3.05) is 11.9 Å². The summed E-state index contributed by atoms with van der Waals surface area (Å²) in [5.41, 5.74) is -2.07. The SMILES string of the molecule is CC(C)(C)OC(=O)N1CC2CC1(Nc1c([N+](=O)[O-])c(Cl)nc3c(F)c(Br)c(I)cc13)C2. The molecule has 0 radical (unpaired) electrons. The lowest BCUT2D eigenvalue weighted by Crippen LogP contribution is -2.55. The Kier molecular flexibility index (Phi) is 5.53. The van der Waals surface area contributed by atoms with Crippen LogP contribution in [0.1, 0.15) is 33.6 Å². The van der Waals surface area contributed by atoms with Crippen LogP contribution in [0.4, 0.5) is 20.6 Å². The molecule has 2 aliphatic heterocycles. The van der Waals surface area contributed by atoms with Crippen LogP contribution in [0.5, 0.6) is 0 Å². The van der Waals surface area contributed by atoms with Crippen molar-refractivity contribution in [3.8, 4) is 0 Å². The number of nitro groups is 1. The van der Waals surface area contributed by atoms with Crippen LogP contribution in [0, 0.1) is 25.4 Å². The molecule has 1 aromatic heterocycles. The molecule has 12 heteroatoms. The number of aromatic nitrogens is 1. The molecule has 31 heavy (non-hydrogen) atoms. The van der Waals surface area contributed by atoms with Gasteiger partial charge in [-0.15, -0.1) is 0 Å². The number of benzene rings is 1. The van der Waals surface area contributed by atoms with Crippen molar-refractivity contribution in [1.82, 2.24) is 9.88 Å². The Morgan fingerprint density at radius 2 is 2.16 bits per heavy atom. The number of carbonyl (C=O) groups is 1. The minimum atomic E-state index is -0.871. The summed E-state index contributed by atoms with van der Waals surface area (Å²) in [5.74, 6) is -0.408. The molecule has 1 N–H and O–H groups in total. The molecule has 5 rings (SSSR count). The van der Waals surface area contributed by atoms with E-state index in [0.29, 0.717) is 23.0 Å². The standard InChI is InChI=1S/C19H18BrClFIN4O4/c1-18(2,3)31-17(28)26-7-8-5-19(26,6-8)25-14-9-4-10(23)11(20)12(22)13(9)24-16(21)15(14)27(29)30/h4,8H,5-7H2,1-3H3,(H,24,25). The first-order valence-corrected chi connectivity index (χ1v) is 11.7. The summed E-state index contributed by atoms with van der Waals surface area (Å²) in [6.45, 7) is 5.79. The van der Waals surface area contributed by atoms with Crippen LogP contribution in [0.3, 0.4) is 0 Å². The number of nitrogens with zero attached hydrogens (tertiary/aromatic N) is 3. The Morgan fingerprint density at radius 3 is 2.74 bits per heavy atom. The largest absolute Gasteiger partial charge is 0.444 e. The molecule has 2 aromatic rings. The fourth-order valence-corrected chi connectivity index (χ4v) is 5.31. The molecule has 1 aliphatic carbocycles. The number of ether oxygens (including phenoxy) is 1. The van der Waals surface area contributed by atoms with Gasteiger partial charge >= 0.3 is 11.8 Å². The number of pyridine rings is 1. The quantitative estimate of drug-likeness (QED) is 0.146. The highest BCUT2D eigenvalue weighted by atomic mass is 127. The van der Waals surface area contributed by atoms with Crippen LogP contribution in [0.25, 0.3) is 10.9 Å². The van der Waals surface area contributed by atoms with E-state index in [4.69, 9.17) is 16.3 Å². The van der Waals surface area contributed by atoms with Crippen LogP contribution in [0.2, 0.25) is 5.15 Å². The van der Waals surface area contributed by atoms with Gasteiger partial charge in [-0.05, 0) is 84.1 Å². The van der Waals surface area contributed by atoms with Crippen LogP contribution in [0.15, 0.2) is 10.5 Å². The van der Waals surface area contributed by atoms with Crippen molar-refractivity contribution >= 4 is 78.5 Å². The third-order valence-electron chi connectivity index (χ3n) is 5.41. The van der Waals surface area contributed by atoms with Gasteiger partial charge in [-0.25, -0.2) is 14.2 Å². The van der Waals surface area contributed by atoms with E-state index >= 15 is 0 Å². The number of anilines is 1. The van der Waals surface area contributed by atoms with Crippen molar-refractivity contribution in [3.05, 3.63) is 35.2 Å². The topological polar surface area (TPSA) is 97.6 Å². The van der Waals surface area contributed by atoms with Gasteiger partial charge in [-0.3, -0.25) is 15.0 Å². The lowest BCUT2D eigenvalue weighted by Gasteiger charge is -2.43. The van der Waals surface area contributed by atoms with E-state index in [-0.39, 0.29) is 27.0 Å². The number of hydrogen-bond donors (Lipinski definition) is 1. The van der Waals surface area contributed by atoms with Crippen LogP contribution < -0.4 is 5.32 Å². The maximum absolute atomic E-state index is 14.9. The maximum Gasteiger partial charge on any atom is 0.412 e. The fraction of sp³-hybridized carbons (Fsp3) is 0.474. The zero-order chi connectivity index (χ0) is 22.9. The Labute approximate surface area is 204 Å². The number of rotatable bonds is 3. The van der Waals surface area contributed by atoms with Crippen molar-refractivity contribution in [2.24, 2.45) is 5.92 Å². The zero-order valence-corrected chi connectivity index (χ0v) is 21.3. The fourth-order valence-electron chi connectivity index (χ4n) is 4.21. The molecule has 3 aliphatic rings. The lowest BCUT2D eigenvalue weighted by molar-refractivity contribution is -0.384. The number of amides is 1. The molecular formula is C19H18BrClFIN4O4. The highest BCUT2D eigenvalue weighted by molar-refractivity contribution is 14.1. The van der Waals surface area contributed by atoms with Gasteiger partial charge in [0.05, 0.1) is 9.40 Å². The molecule has 3 fully saturated rings. The van der Waals surface area contributed by atoms with Gasteiger partial charge in [-0.2, -0.15) is 0 Å². The van der Waals surface area contributed by atoms with Gasteiger partial charge in [0.2, 0.25) is 5.15 Å². The van der Waals surface area contributed by atoms with Crippen LogP contribution in [-0.2, 0) is 4.74 Å². The molecule has 1 saturated carbocycles. The Hall–Kier alpha value is -1.47. The molecule has 1 amide bonds. The summed E-state index contributed by atoms with van der Waals surface area (Å²) in [6.07, 6.45) is 0.692. The molecule has 0 unspecified atom stereocenters. The number of nitrogens with one attached hydrogen (secondary N) is 1. The molecule has 8 nitrogen and oxygen atoms in total. The first-order valence-electron chi connectivity index (χ1n) is 9.43. The highest BCUT2D eigenvalue weighted by Gasteiger charge is 2.59. The van der Waals surface area contributed by atoms with Crippen LogP contribution in [-0.4, -0.2) is 38.7 Å². The second kappa shape index (κ2) is 7.55. The molecule has 2 bridgehead atoms. The third kappa shape index (κ3) is 3.82. The van der Waals surface area contributed by atoms with Gasteiger partial charge in [-0.1, -0.05) is 11.6 Å². The average Bonchev–Trinajstić information content (AvgIpc) is 3.14. The van der Waals surface area contributed by atoms with Gasteiger partial charge in [0.25, 0.3) is 0 Å². The minimum Gasteiger partial charge on any atom is -0.444 e. The monoisotopic (exact) mass is 626 g/mol. The Balaban J connectivity index is 1.85. The van der Waals surface area contributed by atoms with Gasteiger partial charge in [0, 0.05) is 15.5 Å². The molecule has 3 heterocycles. The lowest BCUT2D eigenvalue weighted by atomic mass is 9.79. The molecule has 0 spiro atoms. The predicted molar refractivity (Wildman–Crippen MR) is 126 cm³/mol. The number of fused-ring (bicyclic) bond motifs is 2. The summed E-state index contributed by atoms with van der Waals surface area (Å²) in [5, 5.41) is 14.8. The third-order valence-corrected chi connectivity index (χ3v) is 8.04. The molecule has 2 saturated heterocycles. The van der Waals surface area contributed by atoms with Crippen LogP contribution >= 0.6 is 50.1 Å². The maximum atomic E-state index is 14.9. The molecule has 0 atom stereocenters. The van der Waals surface area contributed by atoms with E-state index < -0.39 is 38.9 Å². The Bertz CT molecular complexity index is 1140. The number of hydrogen-bond acceptors (Lipinski definition) is 6. The second-order valence-electron chi connectivity index (χ2n) is 8.79. The second-order valence-corrected chi connectivity index (χ2v) is 11.1. The van der Waals surface area contributed by atoms with E-state index in [0.717, 1.165) is 0 Å². The minimum absolute atomic E-state index is 0.0400. The first kappa shape index (κ1) is 22.7. The van der Waals surface area contributed by atoms with Crippen molar-refractivity contribution < 1.29 is 18.8 Å². The van der Waals surface area contributed by atoms with E-state index in [2.05, 4.69) is 26.2 Å². The predicted octanol–water partition coefficient (Wildman–Crippen LogP) is 6.07. The average molecular weight is 628 g/mol. The summed E-state index contributed by atoms with van der Waals surface area (Å²) < 4.78 is 21.2. The smallest absolute Gasteiger partial charge is 0.412 e. The van der Waals surface area contributed by atoms with Crippen molar-refractivity contribution in [1.29, 1.82) is 0 Å². The van der Waals surface area contributed by atoms with Gasteiger partial charge in [0.1, 0.15) is 22.5 Å². The summed E-state index contributed by atoms with van der Waals surface area (Å²) in [4.78, 5) is 29.5. The van der Waals surface area contributed by atoms with E-state index in [9.17, 15) is 19.3 Å². The number of carbonyl (C=O) groups excluding carboxylic acids is 1. The highest BCUT2D eigenvalue weighted by Crippen LogP contribution is 2.53. The normalized spacial score (nSPS) is 22.4. The molecule has 1 aromatic carbocycles. The summed E-state index contributed by atoms with van der Waals surface area (Å²) in [7, 11) is 0. The van der Waals surface area contributed by atoms with E-state index in [1.807, 2.05) is 22.6 Å². The van der Waals surface area contributed by atoms with Gasteiger partial charge < -0.3 is 10.1 Å². The van der Waals surface area contributed by atoms with Crippen molar-refractivity contribution in [2.45, 2.75) is 44.9 Å². The van der Waals surface area contributed by atoms with E-state index in [1.54, 1.807) is 31.7 Å². The van der Waals surface area contributed by atoms with Crippen molar-refractivity contribution in [3.63, 3.8) is 0 Å². The molecule has 166 valence electrons.